The van der Waals surface area contributed by atoms with Gasteiger partial charge >= 0.3 is 0 Å². The van der Waals surface area contributed by atoms with Gasteiger partial charge in [-0.15, -0.1) is 10.2 Å². The molecule has 2 aliphatic rings. The van der Waals surface area contributed by atoms with Crippen LogP contribution in [-0.4, -0.2) is 16.8 Å². The lowest BCUT2D eigenvalue weighted by atomic mass is 10.0. The van der Waals surface area contributed by atoms with Crippen LogP contribution in [0.4, 0.5) is 5.13 Å². The van der Waals surface area contributed by atoms with Crippen molar-refractivity contribution in [3.63, 3.8) is 0 Å². The summed E-state index contributed by atoms with van der Waals surface area (Å²) in [7, 11) is 0. The van der Waals surface area contributed by atoms with E-state index in [0.717, 1.165) is 35.9 Å². The Hall–Kier alpha value is -1.33. The van der Waals surface area contributed by atoms with Gasteiger partial charge in [-0.3, -0.25) is 0 Å². The summed E-state index contributed by atoms with van der Waals surface area (Å²) in [4.78, 5) is 0. The lowest BCUT2D eigenvalue weighted by Gasteiger charge is -2.17. The summed E-state index contributed by atoms with van der Waals surface area (Å²) >= 11 is 7.74. The molecular formula is C15H16ClN3OS. The van der Waals surface area contributed by atoms with Crippen molar-refractivity contribution in [1.29, 1.82) is 0 Å². The van der Waals surface area contributed by atoms with E-state index in [1.807, 2.05) is 18.2 Å². The van der Waals surface area contributed by atoms with E-state index in [4.69, 9.17) is 16.3 Å². The molecule has 0 saturated heterocycles. The summed E-state index contributed by atoms with van der Waals surface area (Å²) in [6.07, 6.45) is 4.55. The Morgan fingerprint density at radius 1 is 1.24 bits per heavy atom. The Labute approximate surface area is 132 Å². The highest BCUT2D eigenvalue weighted by molar-refractivity contribution is 7.15. The van der Waals surface area contributed by atoms with Crippen LogP contribution in [0.1, 0.15) is 48.2 Å². The lowest BCUT2D eigenvalue weighted by Crippen LogP contribution is -2.10. The third-order valence-corrected chi connectivity index (χ3v) is 5.16. The Morgan fingerprint density at radius 2 is 2.14 bits per heavy atom. The average molecular weight is 322 g/mol. The highest BCUT2D eigenvalue weighted by Gasteiger charge is 2.28. The summed E-state index contributed by atoms with van der Waals surface area (Å²) in [5.74, 6) is 1.53. The van der Waals surface area contributed by atoms with Crippen molar-refractivity contribution in [3.8, 4) is 5.75 Å². The van der Waals surface area contributed by atoms with Gasteiger partial charge in [0.2, 0.25) is 5.13 Å². The largest absolute Gasteiger partial charge is 0.493 e. The molecule has 1 atom stereocenters. The molecule has 1 aliphatic heterocycles. The molecule has 4 nitrogen and oxygen atoms in total. The molecule has 2 aromatic rings. The van der Waals surface area contributed by atoms with Crippen molar-refractivity contribution in [2.24, 2.45) is 0 Å². The Morgan fingerprint density at radius 3 is 3.00 bits per heavy atom. The first-order valence-corrected chi connectivity index (χ1v) is 8.51. The smallest absolute Gasteiger partial charge is 0.206 e. The maximum Gasteiger partial charge on any atom is 0.206 e. The summed E-state index contributed by atoms with van der Waals surface area (Å²) in [6, 6.07) is 6.06. The molecule has 1 aliphatic carbocycles. The van der Waals surface area contributed by atoms with Crippen LogP contribution in [0, 0.1) is 0 Å². The summed E-state index contributed by atoms with van der Waals surface area (Å²) in [5, 5.41) is 14.9. The third kappa shape index (κ3) is 2.85. The van der Waals surface area contributed by atoms with E-state index < -0.39 is 0 Å². The molecular weight excluding hydrogens is 306 g/mol. The minimum Gasteiger partial charge on any atom is -0.493 e. The van der Waals surface area contributed by atoms with Crippen molar-refractivity contribution in [2.75, 3.05) is 11.9 Å². The number of hydrogen-bond donors (Lipinski definition) is 1. The van der Waals surface area contributed by atoms with Crippen LogP contribution in [0.15, 0.2) is 18.2 Å². The van der Waals surface area contributed by atoms with Gasteiger partial charge in [0.05, 0.1) is 12.6 Å². The monoisotopic (exact) mass is 321 g/mol. The summed E-state index contributed by atoms with van der Waals surface area (Å²) in [5.41, 5.74) is 1.15. The molecule has 0 spiro atoms. The van der Waals surface area contributed by atoms with Gasteiger partial charge in [-0.25, -0.2) is 0 Å². The number of rotatable bonds is 3. The maximum atomic E-state index is 6.06. The molecule has 1 fully saturated rings. The second kappa shape index (κ2) is 5.46. The number of benzene rings is 1. The molecule has 1 saturated carbocycles. The van der Waals surface area contributed by atoms with Crippen molar-refractivity contribution >= 4 is 28.1 Å². The summed E-state index contributed by atoms with van der Waals surface area (Å²) < 4.78 is 5.79. The Kier molecular flexibility index (Phi) is 3.47. The SMILES string of the molecule is Clc1ccc2c(c1)OCCCC2Nc1nnc(C2CC2)s1. The van der Waals surface area contributed by atoms with Gasteiger partial charge in [0.15, 0.2) is 0 Å². The molecule has 4 rings (SSSR count). The molecule has 0 amide bonds. The van der Waals surface area contributed by atoms with Crippen LogP contribution in [0.25, 0.3) is 0 Å². The van der Waals surface area contributed by atoms with Crippen molar-refractivity contribution < 1.29 is 4.74 Å². The van der Waals surface area contributed by atoms with Crippen LogP contribution < -0.4 is 10.1 Å². The van der Waals surface area contributed by atoms with Gasteiger partial charge in [0.1, 0.15) is 10.8 Å². The zero-order valence-electron chi connectivity index (χ0n) is 11.5. The van der Waals surface area contributed by atoms with Crippen LogP contribution in [0.3, 0.4) is 0 Å². The van der Waals surface area contributed by atoms with E-state index >= 15 is 0 Å². The zero-order chi connectivity index (χ0) is 14.2. The molecule has 1 aromatic heterocycles. The van der Waals surface area contributed by atoms with Crippen LogP contribution in [-0.2, 0) is 0 Å². The number of ether oxygens (including phenoxy) is 1. The second-order valence-corrected chi connectivity index (χ2v) is 7.04. The van der Waals surface area contributed by atoms with E-state index in [9.17, 15) is 0 Å². The van der Waals surface area contributed by atoms with Gasteiger partial charge in [-0.2, -0.15) is 0 Å². The quantitative estimate of drug-likeness (QED) is 0.910. The topological polar surface area (TPSA) is 47.0 Å². The Balaban J connectivity index is 1.58. The number of hydrogen-bond acceptors (Lipinski definition) is 5. The molecule has 2 heterocycles. The molecule has 0 radical (unpaired) electrons. The maximum absolute atomic E-state index is 6.06. The van der Waals surface area contributed by atoms with Gasteiger partial charge in [-0.1, -0.05) is 29.0 Å². The van der Waals surface area contributed by atoms with Gasteiger partial charge in [0.25, 0.3) is 0 Å². The standard InChI is InChI=1S/C15H16ClN3OS/c16-10-5-6-11-12(2-1-7-20-13(11)8-10)17-15-19-18-14(21-15)9-3-4-9/h5-6,8-9,12H,1-4,7H2,(H,17,19). The van der Waals surface area contributed by atoms with Crippen LogP contribution >= 0.6 is 22.9 Å². The van der Waals surface area contributed by atoms with E-state index in [1.54, 1.807) is 11.3 Å². The molecule has 1 N–H and O–H groups in total. The first-order valence-electron chi connectivity index (χ1n) is 7.32. The lowest BCUT2D eigenvalue weighted by molar-refractivity contribution is 0.316. The van der Waals surface area contributed by atoms with Crippen LogP contribution in [0.5, 0.6) is 5.75 Å². The first kappa shape index (κ1) is 13.3. The van der Waals surface area contributed by atoms with Crippen molar-refractivity contribution in [2.45, 2.75) is 37.6 Å². The number of aromatic nitrogens is 2. The predicted octanol–water partition coefficient (Wildman–Crippen LogP) is 4.39. The average Bonchev–Trinajstić information content (AvgIpc) is 3.25. The highest BCUT2D eigenvalue weighted by Crippen LogP contribution is 2.43. The molecule has 21 heavy (non-hydrogen) atoms. The number of nitrogens with zero attached hydrogens (tertiary/aromatic N) is 2. The third-order valence-electron chi connectivity index (χ3n) is 3.91. The first-order chi connectivity index (χ1) is 10.3. The van der Waals surface area contributed by atoms with E-state index in [0.29, 0.717) is 10.9 Å². The zero-order valence-corrected chi connectivity index (χ0v) is 13.1. The molecule has 1 unspecified atom stereocenters. The minimum atomic E-state index is 0.208. The fraction of sp³-hybridized carbons (Fsp3) is 0.467. The number of halogens is 1. The highest BCUT2D eigenvalue weighted by atomic mass is 35.5. The Bertz CT molecular complexity index is 656. The van der Waals surface area contributed by atoms with Crippen molar-refractivity contribution in [3.05, 3.63) is 33.8 Å². The molecule has 0 bridgehead atoms. The molecule has 6 heteroatoms. The fourth-order valence-corrected chi connectivity index (χ4v) is 3.76. The second-order valence-electron chi connectivity index (χ2n) is 5.59. The van der Waals surface area contributed by atoms with Crippen molar-refractivity contribution in [1.82, 2.24) is 10.2 Å². The summed E-state index contributed by atoms with van der Waals surface area (Å²) in [6.45, 7) is 0.731. The fourth-order valence-electron chi connectivity index (χ4n) is 2.63. The molecule has 1 aromatic carbocycles. The predicted molar refractivity (Wildman–Crippen MR) is 84.4 cm³/mol. The molecule has 110 valence electrons. The minimum absolute atomic E-state index is 0.208. The van der Waals surface area contributed by atoms with E-state index in [-0.39, 0.29) is 6.04 Å². The van der Waals surface area contributed by atoms with Gasteiger partial charge < -0.3 is 10.1 Å². The number of nitrogens with one attached hydrogen (secondary N) is 1. The van der Waals surface area contributed by atoms with Gasteiger partial charge in [-0.05, 0) is 37.8 Å². The number of fused-ring (bicyclic) bond motifs is 1. The van der Waals surface area contributed by atoms with E-state index in [2.05, 4.69) is 15.5 Å². The van der Waals surface area contributed by atoms with E-state index in [1.165, 1.54) is 17.8 Å². The number of anilines is 1. The van der Waals surface area contributed by atoms with Crippen LogP contribution in [0.2, 0.25) is 5.02 Å². The normalized spacial score (nSPS) is 21.3. The van der Waals surface area contributed by atoms with Gasteiger partial charge in [0, 0.05) is 16.5 Å².